The van der Waals surface area contributed by atoms with Crippen LogP contribution in [0.3, 0.4) is 0 Å². The van der Waals surface area contributed by atoms with E-state index in [-0.39, 0.29) is 11.8 Å². The highest BCUT2D eigenvalue weighted by Gasteiger charge is 2.14. The molecule has 1 N–H and O–H groups in total. The second-order valence-corrected chi connectivity index (χ2v) is 6.67. The van der Waals surface area contributed by atoms with Crippen molar-refractivity contribution in [3.8, 4) is 0 Å². The standard InChI is InChI=1S/C8H12ClNO2S2/c1-3-14(11,12)10-6(2)7-4-5-8(9)13-7/h4-6,10H,3H2,1-2H3. The fourth-order valence-corrected chi connectivity index (χ4v) is 2.94. The molecule has 80 valence electrons. The summed E-state index contributed by atoms with van der Waals surface area (Å²) in [6.45, 7) is 3.41. The van der Waals surface area contributed by atoms with E-state index in [0.29, 0.717) is 4.34 Å². The number of nitrogens with one attached hydrogen (secondary N) is 1. The number of rotatable bonds is 4. The Morgan fingerprint density at radius 1 is 1.57 bits per heavy atom. The minimum Gasteiger partial charge on any atom is -0.212 e. The largest absolute Gasteiger partial charge is 0.212 e. The summed E-state index contributed by atoms with van der Waals surface area (Å²) in [4.78, 5) is 0.923. The maximum Gasteiger partial charge on any atom is 0.211 e. The van der Waals surface area contributed by atoms with Crippen LogP contribution in [0.15, 0.2) is 12.1 Å². The molecule has 0 saturated carbocycles. The van der Waals surface area contributed by atoms with Crippen LogP contribution in [0.4, 0.5) is 0 Å². The van der Waals surface area contributed by atoms with Gasteiger partial charge >= 0.3 is 0 Å². The van der Waals surface area contributed by atoms with Crippen molar-refractivity contribution in [3.63, 3.8) is 0 Å². The van der Waals surface area contributed by atoms with Crippen molar-refractivity contribution in [2.45, 2.75) is 19.9 Å². The van der Waals surface area contributed by atoms with Crippen molar-refractivity contribution < 1.29 is 8.42 Å². The Bertz CT molecular complexity index is 399. The summed E-state index contributed by atoms with van der Waals surface area (Å²) in [6.07, 6.45) is 0. The molecule has 0 saturated heterocycles. The summed E-state index contributed by atoms with van der Waals surface area (Å²) in [7, 11) is -3.14. The van der Waals surface area contributed by atoms with E-state index in [1.54, 1.807) is 19.9 Å². The Kier molecular flexibility index (Phi) is 3.94. The van der Waals surface area contributed by atoms with Crippen molar-refractivity contribution in [1.29, 1.82) is 0 Å². The van der Waals surface area contributed by atoms with Crippen LogP contribution in [0, 0.1) is 0 Å². The lowest BCUT2D eigenvalue weighted by molar-refractivity contribution is 0.570. The van der Waals surface area contributed by atoms with Gasteiger partial charge in [0, 0.05) is 4.88 Å². The maximum atomic E-state index is 11.3. The molecule has 0 fully saturated rings. The highest BCUT2D eigenvalue weighted by Crippen LogP contribution is 2.26. The molecule has 0 aliphatic rings. The minimum atomic E-state index is -3.14. The van der Waals surface area contributed by atoms with E-state index < -0.39 is 10.0 Å². The van der Waals surface area contributed by atoms with Crippen molar-refractivity contribution in [2.24, 2.45) is 0 Å². The van der Waals surface area contributed by atoms with Crippen LogP contribution in [0.1, 0.15) is 24.8 Å². The van der Waals surface area contributed by atoms with Gasteiger partial charge in [0.15, 0.2) is 0 Å². The predicted molar refractivity (Wildman–Crippen MR) is 60.3 cm³/mol. The van der Waals surface area contributed by atoms with Gasteiger partial charge in [-0.15, -0.1) is 11.3 Å². The van der Waals surface area contributed by atoms with Crippen LogP contribution < -0.4 is 4.72 Å². The van der Waals surface area contributed by atoms with Gasteiger partial charge in [-0.1, -0.05) is 11.6 Å². The second kappa shape index (κ2) is 4.61. The van der Waals surface area contributed by atoms with E-state index in [9.17, 15) is 8.42 Å². The van der Waals surface area contributed by atoms with Crippen molar-refractivity contribution in [3.05, 3.63) is 21.3 Å². The molecule has 0 amide bonds. The predicted octanol–water partition coefficient (Wildman–Crippen LogP) is 2.40. The molecular formula is C8H12ClNO2S2. The van der Waals surface area contributed by atoms with Gasteiger partial charge in [-0.25, -0.2) is 13.1 Å². The first kappa shape index (κ1) is 12.0. The number of hydrogen-bond donors (Lipinski definition) is 1. The molecular weight excluding hydrogens is 242 g/mol. The van der Waals surface area contributed by atoms with Crippen LogP contribution in [-0.2, 0) is 10.0 Å². The Hall–Kier alpha value is -0.100. The summed E-state index contributed by atoms with van der Waals surface area (Å²) in [5.41, 5.74) is 0. The molecule has 0 radical (unpaired) electrons. The van der Waals surface area contributed by atoms with Crippen LogP contribution in [0.2, 0.25) is 4.34 Å². The fraction of sp³-hybridized carbons (Fsp3) is 0.500. The zero-order chi connectivity index (χ0) is 10.8. The Morgan fingerprint density at radius 2 is 2.21 bits per heavy atom. The van der Waals surface area contributed by atoms with E-state index in [1.165, 1.54) is 11.3 Å². The van der Waals surface area contributed by atoms with Gasteiger partial charge in [-0.2, -0.15) is 0 Å². The quantitative estimate of drug-likeness (QED) is 0.896. The molecule has 0 aliphatic heterocycles. The minimum absolute atomic E-state index is 0.0937. The molecule has 14 heavy (non-hydrogen) atoms. The van der Waals surface area contributed by atoms with Gasteiger partial charge in [0.2, 0.25) is 10.0 Å². The molecule has 6 heteroatoms. The lowest BCUT2D eigenvalue weighted by atomic mass is 10.3. The molecule has 1 aromatic rings. The summed E-state index contributed by atoms with van der Waals surface area (Å²) < 4.78 is 25.7. The molecule has 3 nitrogen and oxygen atoms in total. The van der Waals surface area contributed by atoms with Crippen LogP contribution >= 0.6 is 22.9 Å². The Morgan fingerprint density at radius 3 is 2.64 bits per heavy atom. The van der Waals surface area contributed by atoms with Gasteiger partial charge in [0.05, 0.1) is 16.1 Å². The van der Waals surface area contributed by atoms with E-state index in [4.69, 9.17) is 11.6 Å². The van der Waals surface area contributed by atoms with Crippen LogP contribution in [0.5, 0.6) is 0 Å². The Balaban J connectivity index is 2.73. The summed E-state index contributed by atoms with van der Waals surface area (Å²) in [5.74, 6) is 0.0937. The summed E-state index contributed by atoms with van der Waals surface area (Å²) in [5, 5.41) is 0. The first-order valence-electron chi connectivity index (χ1n) is 4.20. The van der Waals surface area contributed by atoms with E-state index in [2.05, 4.69) is 4.72 Å². The average molecular weight is 254 g/mol. The molecule has 0 aromatic carbocycles. The Labute approximate surface area is 93.1 Å². The van der Waals surface area contributed by atoms with Gasteiger partial charge in [-0.3, -0.25) is 0 Å². The zero-order valence-corrected chi connectivity index (χ0v) is 10.3. The molecule has 1 atom stereocenters. The first-order chi connectivity index (χ1) is 6.44. The maximum absolute atomic E-state index is 11.3. The van der Waals surface area contributed by atoms with Crippen molar-refractivity contribution >= 4 is 33.0 Å². The van der Waals surface area contributed by atoms with Gasteiger partial charge in [0.25, 0.3) is 0 Å². The van der Waals surface area contributed by atoms with Crippen molar-refractivity contribution in [1.82, 2.24) is 4.72 Å². The van der Waals surface area contributed by atoms with E-state index >= 15 is 0 Å². The van der Waals surface area contributed by atoms with E-state index in [0.717, 1.165) is 4.88 Å². The van der Waals surface area contributed by atoms with Crippen molar-refractivity contribution in [2.75, 3.05) is 5.75 Å². The number of thiophene rings is 1. The lowest BCUT2D eigenvalue weighted by Crippen LogP contribution is -2.27. The van der Waals surface area contributed by atoms with Crippen LogP contribution in [-0.4, -0.2) is 14.2 Å². The molecule has 1 aromatic heterocycles. The fourth-order valence-electron chi connectivity index (χ4n) is 0.972. The monoisotopic (exact) mass is 253 g/mol. The average Bonchev–Trinajstić information content (AvgIpc) is 2.51. The topological polar surface area (TPSA) is 46.2 Å². The molecule has 1 rings (SSSR count). The normalized spacial score (nSPS) is 14.2. The highest BCUT2D eigenvalue weighted by atomic mass is 35.5. The molecule has 1 heterocycles. The second-order valence-electron chi connectivity index (χ2n) is 2.88. The zero-order valence-electron chi connectivity index (χ0n) is 7.95. The molecule has 1 unspecified atom stereocenters. The lowest BCUT2D eigenvalue weighted by Gasteiger charge is -2.10. The SMILES string of the molecule is CCS(=O)(=O)NC(C)c1ccc(Cl)s1. The van der Waals surface area contributed by atoms with Crippen LogP contribution in [0.25, 0.3) is 0 Å². The third kappa shape index (κ3) is 3.24. The smallest absolute Gasteiger partial charge is 0.211 e. The number of hydrogen-bond acceptors (Lipinski definition) is 3. The summed E-state index contributed by atoms with van der Waals surface area (Å²) in [6, 6.07) is 3.38. The van der Waals surface area contributed by atoms with E-state index in [1.807, 2.05) is 6.07 Å². The first-order valence-corrected chi connectivity index (χ1v) is 7.04. The highest BCUT2D eigenvalue weighted by molar-refractivity contribution is 7.89. The molecule has 0 spiro atoms. The third-order valence-corrected chi connectivity index (χ3v) is 4.64. The number of sulfonamides is 1. The van der Waals surface area contributed by atoms with Gasteiger partial charge in [-0.05, 0) is 26.0 Å². The number of halogens is 1. The third-order valence-electron chi connectivity index (χ3n) is 1.76. The molecule has 0 bridgehead atoms. The molecule has 0 aliphatic carbocycles. The van der Waals surface area contributed by atoms with Gasteiger partial charge in [0.1, 0.15) is 0 Å². The summed E-state index contributed by atoms with van der Waals surface area (Å²) >= 11 is 7.14. The van der Waals surface area contributed by atoms with Gasteiger partial charge < -0.3 is 0 Å².